The lowest BCUT2D eigenvalue weighted by atomic mass is 9.89. The number of thioether (sulfide) groups is 1. The number of fused-ring (bicyclic) bond motifs is 3. The van der Waals surface area contributed by atoms with Gasteiger partial charge in [-0.15, -0.1) is 17.8 Å². The Hall–Kier alpha value is -1.78. The maximum atomic E-state index is 13.4. The summed E-state index contributed by atoms with van der Waals surface area (Å²) < 4.78 is 1.77. The van der Waals surface area contributed by atoms with Crippen LogP contribution < -0.4 is 10.9 Å². The smallest absolute Gasteiger partial charge is 0.263 e. The summed E-state index contributed by atoms with van der Waals surface area (Å²) in [5.41, 5.74) is 1.25. The van der Waals surface area contributed by atoms with Crippen molar-refractivity contribution in [3.63, 3.8) is 0 Å². The summed E-state index contributed by atoms with van der Waals surface area (Å²) in [4.78, 5) is 32.3. The van der Waals surface area contributed by atoms with Crippen molar-refractivity contribution >= 4 is 39.2 Å². The summed E-state index contributed by atoms with van der Waals surface area (Å²) >= 11 is 2.96. The van der Waals surface area contributed by atoms with Crippen molar-refractivity contribution in [3.05, 3.63) is 20.8 Å². The van der Waals surface area contributed by atoms with Crippen molar-refractivity contribution in [3.8, 4) is 12.3 Å². The fourth-order valence-corrected chi connectivity index (χ4v) is 5.71. The van der Waals surface area contributed by atoms with Gasteiger partial charge in [0.2, 0.25) is 5.91 Å². The molecular formula is C21H27N3O2S2. The van der Waals surface area contributed by atoms with E-state index in [2.05, 4.69) is 32.0 Å². The topological polar surface area (TPSA) is 64.0 Å². The maximum absolute atomic E-state index is 13.4. The third-order valence-electron chi connectivity index (χ3n) is 5.03. The predicted octanol–water partition coefficient (Wildman–Crippen LogP) is 3.47. The standard InChI is InChI=1S/C21H27N3O2S2/c1-5-9-22-17(25)12-27-21-23-19-18(20(26)24(21)10-8-13(2)3)15-7-6-14(4)11-16(15)28-19/h1,13-14H,6-12H2,2-4H3,(H,22,25). The highest BCUT2D eigenvalue weighted by Crippen LogP contribution is 2.36. The zero-order valence-electron chi connectivity index (χ0n) is 16.7. The van der Waals surface area contributed by atoms with Crippen molar-refractivity contribution in [2.45, 2.75) is 58.2 Å². The molecule has 2 aromatic heterocycles. The van der Waals surface area contributed by atoms with Gasteiger partial charge < -0.3 is 5.32 Å². The summed E-state index contributed by atoms with van der Waals surface area (Å²) in [6.45, 7) is 7.38. The second-order valence-electron chi connectivity index (χ2n) is 7.84. The third-order valence-corrected chi connectivity index (χ3v) is 7.15. The quantitative estimate of drug-likeness (QED) is 0.426. The van der Waals surface area contributed by atoms with Crippen LogP contribution in [0.15, 0.2) is 9.95 Å². The van der Waals surface area contributed by atoms with Crippen molar-refractivity contribution in [2.24, 2.45) is 11.8 Å². The fraction of sp³-hybridized carbons (Fsp3) is 0.571. The van der Waals surface area contributed by atoms with E-state index in [0.717, 1.165) is 35.9 Å². The molecule has 0 fully saturated rings. The Morgan fingerprint density at radius 1 is 1.50 bits per heavy atom. The first kappa shape index (κ1) is 20.9. The number of amides is 1. The molecule has 1 unspecified atom stereocenters. The molecule has 0 aromatic carbocycles. The normalized spacial score (nSPS) is 16.2. The molecule has 1 atom stereocenters. The van der Waals surface area contributed by atoms with Gasteiger partial charge in [0, 0.05) is 11.4 Å². The van der Waals surface area contributed by atoms with Crippen LogP contribution >= 0.6 is 23.1 Å². The van der Waals surface area contributed by atoms with Crippen LogP contribution in [0.2, 0.25) is 0 Å². The predicted molar refractivity (Wildman–Crippen MR) is 117 cm³/mol. The Labute approximate surface area is 174 Å². The molecule has 2 aromatic rings. The molecule has 1 aliphatic rings. The average Bonchev–Trinajstić information content (AvgIpc) is 3.01. The summed E-state index contributed by atoms with van der Waals surface area (Å²) in [6, 6.07) is 0. The van der Waals surface area contributed by atoms with Crippen LogP contribution in [0.1, 0.15) is 44.1 Å². The number of carbonyl (C=O) groups excluding carboxylic acids is 1. The Kier molecular flexibility index (Phi) is 6.84. The van der Waals surface area contributed by atoms with Gasteiger partial charge in [-0.3, -0.25) is 14.2 Å². The van der Waals surface area contributed by atoms with E-state index in [1.54, 1.807) is 15.9 Å². The largest absolute Gasteiger partial charge is 0.344 e. The van der Waals surface area contributed by atoms with Crippen LogP contribution in [-0.2, 0) is 24.2 Å². The minimum Gasteiger partial charge on any atom is -0.344 e. The first-order valence-corrected chi connectivity index (χ1v) is 11.6. The summed E-state index contributed by atoms with van der Waals surface area (Å²) in [5, 5.41) is 4.09. The van der Waals surface area contributed by atoms with Gasteiger partial charge >= 0.3 is 0 Å². The number of terminal acetylenes is 1. The number of aryl methyl sites for hydroxylation is 1. The summed E-state index contributed by atoms with van der Waals surface area (Å²) in [7, 11) is 0. The van der Waals surface area contributed by atoms with E-state index in [1.807, 2.05) is 0 Å². The third kappa shape index (κ3) is 4.61. The van der Waals surface area contributed by atoms with Crippen molar-refractivity contribution in [1.29, 1.82) is 0 Å². The first-order chi connectivity index (χ1) is 13.4. The van der Waals surface area contributed by atoms with Gasteiger partial charge in [0.05, 0.1) is 17.7 Å². The molecule has 150 valence electrons. The second kappa shape index (κ2) is 9.15. The molecule has 1 amide bonds. The number of rotatable bonds is 7. The molecule has 0 aliphatic heterocycles. The minimum atomic E-state index is -0.146. The number of thiophene rings is 1. The SMILES string of the molecule is C#CCNC(=O)CSc1nc2sc3c(c2c(=O)n1CCC(C)C)CCC(C)C3. The van der Waals surface area contributed by atoms with Crippen LogP contribution in [0.3, 0.4) is 0 Å². The fourth-order valence-electron chi connectivity index (χ4n) is 3.43. The molecule has 7 heteroatoms. The lowest BCUT2D eigenvalue weighted by Crippen LogP contribution is -2.27. The lowest BCUT2D eigenvalue weighted by Gasteiger charge is -2.18. The Bertz CT molecular complexity index is 969. The van der Waals surface area contributed by atoms with Gasteiger partial charge in [0.1, 0.15) is 4.83 Å². The highest BCUT2D eigenvalue weighted by molar-refractivity contribution is 7.99. The number of nitrogens with zero attached hydrogens (tertiary/aromatic N) is 2. The first-order valence-electron chi connectivity index (χ1n) is 9.78. The van der Waals surface area contributed by atoms with E-state index in [9.17, 15) is 9.59 Å². The molecule has 1 aliphatic carbocycles. The van der Waals surface area contributed by atoms with Crippen molar-refractivity contribution in [2.75, 3.05) is 12.3 Å². The highest BCUT2D eigenvalue weighted by atomic mass is 32.2. The van der Waals surface area contributed by atoms with E-state index in [1.165, 1.54) is 22.2 Å². The van der Waals surface area contributed by atoms with Crippen LogP contribution in [0.25, 0.3) is 10.2 Å². The van der Waals surface area contributed by atoms with Gasteiger partial charge in [-0.05, 0) is 43.1 Å². The van der Waals surface area contributed by atoms with Gasteiger partial charge in [-0.2, -0.15) is 0 Å². The van der Waals surface area contributed by atoms with E-state index in [-0.39, 0.29) is 23.8 Å². The van der Waals surface area contributed by atoms with Crippen LogP contribution in [-0.4, -0.2) is 27.8 Å². The molecule has 3 rings (SSSR count). The van der Waals surface area contributed by atoms with Gasteiger partial charge in [-0.25, -0.2) is 4.98 Å². The Balaban J connectivity index is 1.98. The minimum absolute atomic E-state index is 0.0456. The molecule has 28 heavy (non-hydrogen) atoms. The van der Waals surface area contributed by atoms with Crippen LogP contribution in [0.4, 0.5) is 0 Å². The van der Waals surface area contributed by atoms with Gasteiger partial charge in [0.25, 0.3) is 5.56 Å². The molecular weight excluding hydrogens is 390 g/mol. The molecule has 2 heterocycles. The zero-order chi connectivity index (χ0) is 20.3. The highest BCUT2D eigenvalue weighted by Gasteiger charge is 2.25. The van der Waals surface area contributed by atoms with E-state index < -0.39 is 0 Å². The molecule has 0 saturated carbocycles. The van der Waals surface area contributed by atoms with Crippen LogP contribution in [0.5, 0.6) is 0 Å². The zero-order valence-corrected chi connectivity index (χ0v) is 18.3. The molecule has 0 saturated heterocycles. The molecule has 5 nitrogen and oxygen atoms in total. The van der Waals surface area contributed by atoms with E-state index in [0.29, 0.717) is 23.5 Å². The molecule has 0 bridgehead atoms. The average molecular weight is 418 g/mol. The number of hydrogen-bond acceptors (Lipinski definition) is 5. The van der Waals surface area contributed by atoms with E-state index in [4.69, 9.17) is 11.4 Å². The van der Waals surface area contributed by atoms with Gasteiger partial charge in [0.15, 0.2) is 5.16 Å². The monoisotopic (exact) mass is 417 g/mol. The maximum Gasteiger partial charge on any atom is 0.263 e. The second-order valence-corrected chi connectivity index (χ2v) is 9.86. The summed E-state index contributed by atoms with van der Waals surface area (Å²) in [6.07, 6.45) is 9.19. The van der Waals surface area contributed by atoms with Crippen molar-refractivity contribution in [1.82, 2.24) is 14.9 Å². The van der Waals surface area contributed by atoms with Crippen molar-refractivity contribution < 1.29 is 4.79 Å². The molecule has 0 radical (unpaired) electrons. The molecule has 0 spiro atoms. The lowest BCUT2D eigenvalue weighted by molar-refractivity contribution is -0.118. The van der Waals surface area contributed by atoms with E-state index >= 15 is 0 Å². The Morgan fingerprint density at radius 3 is 3.00 bits per heavy atom. The number of aromatic nitrogens is 2. The Morgan fingerprint density at radius 2 is 2.29 bits per heavy atom. The number of hydrogen-bond donors (Lipinski definition) is 1. The number of nitrogens with one attached hydrogen (secondary N) is 1. The van der Waals surface area contributed by atoms with Crippen LogP contribution in [0, 0.1) is 24.2 Å². The number of carbonyl (C=O) groups is 1. The summed E-state index contributed by atoms with van der Waals surface area (Å²) in [5.74, 6) is 3.58. The molecule has 1 N–H and O–H groups in total. The van der Waals surface area contributed by atoms with Gasteiger partial charge in [-0.1, -0.05) is 38.5 Å².